The maximum atomic E-state index is 12.9. The number of unbranched alkanes of at least 4 members (excludes halogenated alkanes) is 33. The largest absolute Gasteiger partial charge is 0.462 e. The van der Waals surface area contributed by atoms with Crippen LogP contribution in [0.1, 0.15) is 330 Å². The zero-order chi connectivity index (χ0) is 48.4. The third-order valence-corrected chi connectivity index (χ3v) is 14.7. The van der Waals surface area contributed by atoms with Crippen LogP contribution in [0.5, 0.6) is 0 Å². The quantitative estimate of drug-likeness (QED) is 0.0343. The highest BCUT2D eigenvalue weighted by Gasteiger charge is 2.19. The van der Waals surface area contributed by atoms with Crippen LogP contribution in [0.4, 0.5) is 0 Å². The van der Waals surface area contributed by atoms with Crippen molar-refractivity contribution in [3.63, 3.8) is 0 Å². The van der Waals surface area contributed by atoms with Crippen LogP contribution < -0.4 is 0 Å². The van der Waals surface area contributed by atoms with Crippen molar-refractivity contribution in [2.75, 3.05) is 13.2 Å². The second-order valence-corrected chi connectivity index (χ2v) is 21.4. The summed E-state index contributed by atoms with van der Waals surface area (Å²) in [7, 11) is 0. The van der Waals surface area contributed by atoms with Gasteiger partial charge in [-0.3, -0.25) is 14.4 Å². The molecule has 66 heavy (non-hydrogen) atoms. The highest BCUT2D eigenvalue weighted by Crippen LogP contribution is 2.19. The van der Waals surface area contributed by atoms with Crippen LogP contribution in [-0.2, 0) is 28.6 Å². The van der Waals surface area contributed by atoms with Crippen molar-refractivity contribution in [2.24, 2.45) is 17.8 Å². The Morgan fingerprint density at radius 2 is 0.485 bits per heavy atom. The van der Waals surface area contributed by atoms with Crippen molar-refractivity contribution < 1.29 is 28.6 Å². The summed E-state index contributed by atoms with van der Waals surface area (Å²) in [6.45, 7) is 13.8. The lowest BCUT2D eigenvalue weighted by molar-refractivity contribution is -0.167. The summed E-state index contributed by atoms with van der Waals surface area (Å²) in [5, 5.41) is 0. The highest BCUT2D eigenvalue weighted by atomic mass is 16.6. The minimum absolute atomic E-state index is 0.0641. The predicted molar refractivity (Wildman–Crippen MR) is 284 cm³/mol. The Balaban J connectivity index is 4.26. The SMILES string of the molecule is CCC(C)CCCCCCCCCCCCCCCCCCCCC(=O)O[C@H](COC(=O)CCCCCCCCCCCCC(C)CC)COC(=O)CCCCCCCCCCC(C)CC. The molecule has 392 valence electrons. The third-order valence-electron chi connectivity index (χ3n) is 14.7. The molecule has 6 heteroatoms. The second kappa shape index (κ2) is 51.3. The molecule has 0 spiro atoms. The average Bonchev–Trinajstić information content (AvgIpc) is 3.32. The maximum absolute atomic E-state index is 12.9. The van der Waals surface area contributed by atoms with E-state index >= 15 is 0 Å². The summed E-state index contributed by atoms with van der Waals surface area (Å²) >= 11 is 0. The van der Waals surface area contributed by atoms with Crippen molar-refractivity contribution in [2.45, 2.75) is 337 Å². The fourth-order valence-corrected chi connectivity index (χ4v) is 9.08. The Morgan fingerprint density at radius 3 is 0.712 bits per heavy atom. The Kier molecular flexibility index (Phi) is 50.0. The molecule has 0 fully saturated rings. The molecule has 0 bridgehead atoms. The molecule has 0 rings (SSSR count). The molecule has 0 saturated heterocycles. The van der Waals surface area contributed by atoms with E-state index in [9.17, 15) is 14.4 Å². The predicted octanol–water partition coefficient (Wildman–Crippen LogP) is 19.5. The molecule has 0 saturated carbocycles. The zero-order valence-electron chi connectivity index (χ0n) is 45.5. The lowest BCUT2D eigenvalue weighted by atomic mass is 9.99. The maximum Gasteiger partial charge on any atom is 0.306 e. The van der Waals surface area contributed by atoms with Crippen LogP contribution in [-0.4, -0.2) is 37.2 Å². The molecule has 0 aliphatic heterocycles. The molecular formula is C60H116O6. The van der Waals surface area contributed by atoms with E-state index in [2.05, 4.69) is 41.5 Å². The number of rotatable bonds is 53. The fraction of sp³-hybridized carbons (Fsp3) is 0.950. The van der Waals surface area contributed by atoms with Gasteiger partial charge in [0, 0.05) is 19.3 Å². The van der Waals surface area contributed by atoms with Gasteiger partial charge >= 0.3 is 17.9 Å². The van der Waals surface area contributed by atoms with Crippen molar-refractivity contribution in [3.05, 3.63) is 0 Å². The number of carbonyl (C=O) groups excluding carboxylic acids is 3. The number of hydrogen-bond acceptors (Lipinski definition) is 6. The fourth-order valence-electron chi connectivity index (χ4n) is 9.08. The van der Waals surface area contributed by atoms with Crippen LogP contribution in [0, 0.1) is 17.8 Å². The van der Waals surface area contributed by atoms with Gasteiger partial charge in [0.15, 0.2) is 6.10 Å². The number of esters is 3. The molecular weight excluding hydrogens is 817 g/mol. The monoisotopic (exact) mass is 933 g/mol. The molecule has 3 unspecified atom stereocenters. The van der Waals surface area contributed by atoms with Gasteiger partial charge in [0.25, 0.3) is 0 Å². The van der Waals surface area contributed by atoms with E-state index in [1.807, 2.05) is 0 Å². The van der Waals surface area contributed by atoms with Crippen LogP contribution in [0.2, 0.25) is 0 Å². The van der Waals surface area contributed by atoms with Crippen LogP contribution >= 0.6 is 0 Å². The first-order chi connectivity index (χ1) is 32.2. The molecule has 4 atom stereocenters. The first-order valence-corrected chi connectivity index (χ1v) is 29.7. The lowest BCUT2D eigenvalue weighted by Gasteiger charge is -2.18. The Bertz CT molecular complexity index is 1030. The molecule has 0 aromatic carbocycles. The molecule has 0 N–H and O–H groups in total. The van der Waals surface area contributed by atoms with E-state index in [1.165, 1.54) is 212 Å². The molecule has 0 aromatic heterocycles. The first kappa shape index (κ1) is 64.4. The highest BCUT2D eigenvalue weighted by molar-refractivity contribution is 5.71. The zero-order valence-corrected chi connectivity index (χ0v) is 45.5. The van der Waals surface area contributed by atoms with Gasteiger partial charge in [0.2, 0.25) is 0 Å². The van der Waals surface area contributed by atoms with Gasteiger partial charge in [-0.1, -0.05) is 292 Å². The van der Waals surface area contributed by atoms with Gasteiger partial charge in [-0.15, -0.1) is 0 Å². The van der Waals surface area contributed by atoms with E-state index in [4.69, 9.17) is 14.2 Å². The average molecular weight is 934 g/mol. The third kappa shape index (κ3) is 48.9. The Labute approximate surface area is 412 Å². The molecule has 6 nitrogen and oxygen atoms in total. The topological polar surface area (TPSA) is 78.9 Å². The minimum atomic E-state index is -0.764. The van der Waals surface area contributed by atoms with Gasteiger partial charge in [-0.2, -0.15) is 0 Å². The van der Waals surface area contributed by atoms with Gasteiger partial charge < -0.3 is 14.2 Å². The normalized spacial score (nSPS) is 13.4. The van der Waals surface area contributed by atoms with E-state index < -0.39 is 6.10 Å². The molecule has 0 radical (unpaired) electrons. The Morgan fingerprint density at radius 1 is 0.288 bits per heavy atom. The lowest BCUT2D eigenvalue weighted by Crippen LogP contribution is -2.30. The summed E-state index contributed by atoms with van der Waals surface area (Å²) in [6.07, 6.45) is 53.7. The van der Waals surface area contributed by atoms with Gasteiger partial charge in [0.1, 0.15) is 13.2 Å². The second-order valence-electron chi connectivity index (χ2n) is 21.4. The van der Waals surface area contributed by atoms with Crippen molar-refractivity contribution in [1.82, 2.24) is 0 Å². The standard InChI is InChI=1S/C60H116O6/c1-7-54(4)46-40-34-28-22-18-16-14-12-10-11-13-15-17-19-25-33-39-45-51-60(63)66-57(53-65-59(62)50-44-38-32-27-26-30-36-42-48-56(6)9-3)52-64-58(61)49-43-37-31-24-21-20-23-29-35-41-47-55(5)8-2/h54-57H,7-53H2,1-6H3/t54?,55?,56?,57-/m1/s1. The van der Waals surface area contributed by atoms with E-state index in [-0.39, 0.29) is 31.1 Å². The van der Waals surface area contributed by atoms with Crippen LogP contribution in [0.15, 0.2) is 0 Å². The number of hydrogen-bond donors (Lipinski definition) is 0. The molecule has 0 heterocycles. The van der Waals surface area contributed by atoms with Crippen LogP contribution in [0.25, 0.3) is 0 Å². The molecule has 0 aliphatic carbocycles. The summed E-state index contributed by atoms with van der Waals surface area (Å²) < 4.78 is 16.9. The summed E-state index contributed by atoms with van der Waals surface area (Å²) in [6, 6.07) is 0. The smallest absolute Gasteiger partial charge is 0.306 e. The van der Waals surface area contributed by atoms with Crippen molar-refractivity contribution >= 4 is 17.9 Å². The van der Waals surface area contributed by atoms with Gasteiger partial charge in [0.05, 0.1) is 0 Å². The summed E-state index contributed by atoms with van der Waals surface area (Å²) in [4.78, 5) is 38.1. The van der Waals surface area contributed by atoms with Crippen molar-refractivity contribution in [1.29, 1.82) is 0 Å². The van der Waals surface area contributed by atoms with Crippen molar-refractivity contribution in [3.8, 4) is 0 Å². The summed E-state index contributed by atoms with van der Waals surface area (Å²) in [5.41, 5.74) is 0. The van der Waals surface area contributed by atoms with Crippen LogP contribution in [0.3, 0.4) is 0 Å². The first-order valence-electron chi connectivity index (χ1n) is 29.7. The molecule has 0 amide bonds. The Hall–Kier alpha value is -1.59. The van der Waals surface area contributed by atoms with E-state index in [1.54, 1.807) is 0 Å². The molecule has 0 aromatic rings. The number of ether oxygens (including phenoxy) is 3. The molecule has 0 aliphatic rings. The van der Waals surface area contributed by atoms with E-state index in [0.29, 0.717) is 19.3 Å². The van der Waals surface area contributed by atoms with Gasteiger partial charge in [-0.05, 0) is 37.0 Å². The minimum Gasteiger partial charge on any atom is -0.462 e. The summed E-state index contributed by atoms with van der Waals surface area (Å²) in [5.74, 6) is 1.78. The van der Waals surface area contributed by atoms with E-state index in [0.717, 1.165) is 75.5 Å². The van der Waals surface area contributed by atoms with Gasteiger partial charge in [-0.25, -0.2) is 0 Å². The number of carbonyl (C=O) groups is 3.